The summed E-state index contributed by atoms with van der Waals surface area (Å²) in [7, 11) is 0. The molecule has 0 saturated heterocycles. The van der Waals surface area contributed by atoms with Gasteiger partial charge in [0.1, 0.15) is 12.4 Å². The zero-order valence-corrected chi connectivity index (χ0v) is 11.3. The van der Waals surface area contributed by atoms with Gasteiger partial charge in [0.25, 0.3) is 0 Å². The third-order valence-electron chi connectivity index (χ3n) is 2.50. The maximum atomic E-state index is 11.4. The first-order valence-electron chi connectivity index (χ1n) is 6.60. The Hall–Kier alpha value is -2.24. The first-order chi connectivity index (χ1) is 9.68. The van der Waals surface area contributed by atoms with E-state index in [1.807, 2.05) is 30.3 Å². The van der Waals surface area contributed by atoms with E-state index in [1.54, 1.807) is 0 Å². The monoisotopic (exact) mass is 280 g/mol. The molecule has 0 fully saturated rings. The van der Waals surface area contributed by atoms with Gasteiger partial charge in [0.15, 0.2) is 0 Å². The van der Waals surface area contributed by atoms with Gasteiger partial charge in [-0.2, -0.15) is 0 Å². The number of hydrogen-bond acceptors (Lipinski definition) is 3. The van der Waals surface area contributed by atoms with E-state index in [2.05, 4.69) is 10.6 Å². The van der Waals surface area contributed by atoms with Crippen LogP contribution in [0.2, 0.25) is 0 Å². The van der Waals surface area contributed by atoms with Gasteiger partial charge in [-0.25, -0.2) is 4.79 Å². The van der Waals surface area contributed by atoms with E-state index in [4.69, 9.17) is 9.84 Å². The Morgan fingerprint density at radius 2 is 1.75 bits per heavy atom. The van der Waals surface area contributed by atoms with Crippen molar-refractivity contribution in [2.45, 2.75) is 19.3 Å². The molecule has 0 radical (unpaired) electrons. The molecule has 1 aromatic carbocycles. The Balaban J connectivity index is 1.96. The van der Waals surface area contributed by atoms with Crippen molar-refractivity contribution in [3.63, 3.8) is 0 Å². The number of carbonyl (C=O) groups is 2. The summed E-state index contributed by atoms with van der Waals surface area (Å²) in [6.45, 7) is 1.28. The number of nitrogens with one attached hydrogen (secondary N) is 2. The number of carboxylic acid groups (broad SMARTS) is 1. The van der Waals surface area contributed by atoms with Gasteiger partial charge in [-0.15, -0.1) is 0 Å². The molecule has 20 heavy (non-hydrogen) atoms. The van der Waals surface area contributed by atoms with Crippen molar-refractivity contribution < 1.29 is 19.4 Å². The zero-order chi connectivity index (χ0) is 14.6. The predicted octanol–water partition coefficient (Wildman–Crippen LogP) is 1.62. The minimum Gasteiger partial charge on any atom is -0.492 e. The molecule has 6 heteroatoms. The van der Waals surface area contributed by atoms with E-state index in [0.717, 1.165) is 5.75 Å². The molecule has 0 aliphatic carbocycles. The Kier molecular flexibility index (Phi) is 7.64. The van der Waals surface area contributed by atoms with Gasteiger partial charge in [0, 0.05) is 13.0 Å². The molecule has 0 unspecified atom stereocenters. The molecule has 0 bridgehead atoms. The van der Waals surface area contributed by atoms with Crippen LogP contribution in [0.4, 0.5) is 4.79 Å². The van der Waals surface area contributed by atoms with Crippen molar-refractivity contribution in [2.75, 3.05) is 19.7 Å². The van der Waals surface area contributed by atoms with Crippen LogP contribution >= 0.6 is 0 Å². The van der Waals surface area contributed by atoms with Crippen LogP contribution in [0.25, 0.3) is 0 Å². The summed E-state index contributed by atoms with van der Waals surface area (Å²) in [6, 6.07) is 9.10. The summed E-state index contributed by atoms with van der Waals surface area (Å²) >= 11 is 0. The Morgan fingerprint density at radius 3 is 2.45 bits per heavy atom. The van der Waals surface area contributed by atoms with E-state index in [0.29, 0.717) is 32.5 Å². The highest BCUT2D eigenvalue weighted by molar-refractivity contribution is 5.73. The fourth-order valence-electron chi connectivity index (χ4n) is 1.52. The van der Waals surface area contributed by atoms with Gasteiger partial charge < -0.3 is 20.5 Å². The van der Waals surface area contributed by atoms with Crippen LogP contribution in [0.15, 0.2) is 30.3 Å². The number of para-hydroxylation sites is 1. The van der Waals surface area contributed by atoms with Crippen molar-refractivity contribution in [2.24, 2.45) is 0 Å². The van der Waals surface area contributed by atoms with E-state index in [9.17, 15) is 9.59 Å². The third kappa shape index (κ3) is 7.97. The molecule has 0 atom stereocenters. The summed E-state index contributed by atoms with van der Waals surface area (Å²) < 4.78 is 5.42. The normalized spacial score (nSPS) is 9.80. The molecule has 0 aliphatic rings. The van der Waals surface area contributed by atoms with Gasteiger partial charge in [-0.05, 0) is 25.0 Å². The predicted molar refractivity (Wildman–Crippen MR) is 74.8 cm³/mol. The average molecular weight is 280 g/mol. The van der Waals surface area contributed by atoms with E-state index < -0.39 is 5.97 Å². The molecule has 0 heterocycles. The number of ether oxygens (including phenoxy) is 1. The van der Waals surface area contributed by atoms with Gasteiger partial charge in [-0.1, -0.05) is 18.2 Å². The summed E-state index contributed by atoms with van der Waals surface area (Å²) in [6.07, 6.45) is 1.35. The number of unbranched alkanes of at least 4 members (excludes halogenated alkanes) is 1. The molecular formula is C14H20N2O4. The molecule has 1 rings (SSSR count). The van der Waals surface area contributed by atoms with Gasteiger partial charge >= 0.3 is 12.0 Å². The molecule has 1 aromatic rings. The number of hydrogen-bond donors (Lipinski definition) is 3. The van der Waals surface area contributed by atoms with Crippen LogP contribution in [0.3, 0.4) is 0 Å². The van der Waals surface area contributed by atoms with Crippen LogP contribution in [0.5, 0.6) is 5.75 Å². The van der Waals surface area contributed by atoms with Crippen LogP contribution in [0, 0.1) is 0 Å². The topological polar surface area (TPSA) is 87.7 Å². The highest BCUT2D eigenvalue weighted by Gasteiger charge is 2.00. The average Bonchev–Trinajstić information content (AvgIpc) is 2.44. The molecule has 2 amide bonds. The lowest BCUT2D eigenvalue weighted by Gasteiger charge is -2.08. The number of benzene rings is 1. The highest BCUT2D eigenvalue weighted by Crippen LogP contribution is 2.07. The van der Waals surface area contributed by atoms with Gasteiger partial charge in [0.05, 0.1) is 6.54 Å². The van der Waals surface area contributed by atoms with E-state index >= 15 is 0 Å². The minimum absolute atomic E-state index is 0.133. The summed E-state index contributed by atoms with van der Waals surface area (Å²) in [5.41, 5.74) is 0. The highest BCUT2D eigenvalue weighted by atomic mass is 16.5. The fourth-order valence-corrected chi connectivity index (χ4v) is 1.52. The van der Waals surface area contributed by atoms with Crippen LogP contribution in [0.1, 0.15) is 19.3 Å². The molecular weight excluding hydrogens is 260 g/mol. The van der Waals surface area contributed by atoms with Crippen LogP contribution in [-0.4, -0.2) is 36.8 Å². The van der Waals surface area contributed by atoms with E-state index in [-0.39, 0.29) is 12.5 Å². The third-order valence-corrected chi connectivity index (χ3v) is 2.50. The molecule has 0 aliphatic heterocycles. The number of urea groups is 1. The number of carbonyl (C=O) groups excluding carboxylic acids is 1. The van der Waals surface area contributed by atoms with Crippen molar-refractivity contribution in [1.82, 2.24) is 10.6 Å². The van der Waals surface area contributed by atoms with Gasteiger partial charge in [-0.3, -0.25) is 4.79 Å². The lowest BCUT2D eigenvalue weighted by atomic mass is 10.2. The van der Waals surface area contributed by atoms with Crippen LogP contribution < -0.4 is 15.4 Å². The second-order valence-corrected chi connectivity index (χ2v) is 4.20. The minimum atomic E-state index is -0.812. The largest absolute Gasteiger partial charge is 0.492 e. The molecule has 3 N–H and O–H groups in total. The Morgan fingerprint density at radius 1 is 1.05 bits per heavy atom. The van der Waals surface area contributed by atoms with Gasteiger partial charge in [0.2, 0.25) is 0 Å². The molecule has 0 spiro atoms. The zero-order valence-electron chi connectivity index (χ0n) is 11.3. The maximum Gasteiger partial charge on any atom is 0.314 e. The SMILES string of the molecule is O=C(O)CCCCNC(=O)NCCOc1ccccc1. The first kappa shape index (κ1) is 15.8. The number of amides is 2. The fraction of sp³-hybridized carbons (Fsp3) is 0.429. The second kappa shape index (κ2) is 9.66. The Labute approximate surface area is 118 Å². The number of aliphatic carboxylic acids is 1. The summed E-state index contributed by atoms with van der Waals surface area (Å²) in [5.74, 6) is -0.0455. The van der Waals surface area contributed by atoms with Crippen molar-refractivity contribution >= 4 is 12.0 Å². The van der Waals surface area contributed by atoms with Crippen LogP contribution in [-0.2, 0) is 4.79 Å². The quantitative estimate of drug-likeness (QED) is 0.600. The Bertz CT molecular complexity index is 409. The molecule has 0 aromatic heterocycles. The van der Waals surface area contributed by atoms with Crippen molar-refractivity contribution in [3.05, 3.63) is 30.3 Å². The van der Waals surface area contributed by atoms with Crippen molar-refractivity contribution in [3.8, 4) is 5.75 Å². The molecule has 6 nitrogen and oxygen atoms in total. The number of carboxylic acids is 1. The maximum absolute atomic E-state index is 11.4. The molecule has 110 valence electrons. The summed E-state index contributed by atoms with van der Waals surface area (Å²) in [4.78, 5) is 21.6. The standard InChI is InChI=1S/C14H20N2O4/c17-13(18)8-4-5-9-15-14(19)16-10-11-20-12-6-2-1-3-7-12/h1-3,6-7H,4-5,8-11H2,(H,17,18)(H2,15,16,19). The van der Waals surface area contributed by atoms with E-state index in [1.165, 1.54) is 0 Å². The second-order valence-electron chi connectivity index (χ2n) is 4.20. The smallest absolute Gasteiger partial charge is 0.314 e. The first-order valence-corrected chi connectivity index (χ1v) is 6.60. The summed E-state index contributed by atoms with van der Waals surface area (Å²) in [5, 5.41) is 13.8. The molecule has 0 saturated carbocycles. The lowest BCUT2D eigenvalue weighted by molar-refractivity contribution is -0.137. The lowest BCUT2D eigenvalue weighted by Crippen LogP contribution is -2.38. The number of rotatable bonds is 9. The van der Waals surface area contributed by atoms with Crippen molar-refractivity contribution in [1.29, 1.82) is 0 Å².